The molecular formula is C22H22FNO3. The van der Waals surface area contributed by atoms with Gasteiger partial charge in [-0.15, -0.1) is 0 Å². The van der Waals surface area contributed by atoms with Gasteiger partial charge in [-0.3, -0.25) is 14.5 Å². The van der Waals surface area contributed by atoms with Crippen LogP contribution in [0.3, 0.4) is 0 Å². The Hall–Kier alpha value is -2.53. The number of hydrogen-bond acceptors (Lipinski definition) is 3. The van der Waals surface area contributed by atoms with E-state index in [0.717, 1.165) is 0 Å². The fourth-order valence-electron chi connectivity index (χ4n) is 4.50. The zero-order valence-electron chi connectivity index (χ0n) is 15.0. The summed E-state index contributed by atoms with van der Waals surface area (Å²) in [7, 11) is 0. The zero-order valence-corrected chi connectivity index (χ0v) is 15.0. The summed E-state index contributed by atoms with van der Waals surface area (Å²) in [5, 5.41) is 11.1. The lowest BCUT2D eigenvalue weighted by molar-refractivity contribution is -0.144. The summed E-state index contributed by atoms with van der Waals surface area (Å²) in [5.74, 6) is -0.938. The first-order valence-electron chi connectivity index (χ1n) is 9.37. The molecule has 0 radical (unpaired) electrons. The molecule has 4 nitrogen and oxygen atoms in total. The van der Waals surface area contributed by atoms with Crippen molar-refractivity contribution < 1.29 is 19.1 Å². The number of hydrogen-bond donors (Lipinski definition) is 1. The van der Waals surface area contributed by atoms with Gasteiger partial charge in [0, 0.05) is 18.0 Å². The summed E-state index contributed by atoms with van der Waals surface area (Å²) in [5.41, 5.74) is 0.168. The number of nitrogens with zero attached hydrogens (tertiary/aromatic N) is 1. The first kappa shape index (κ1) is 17.9. The van der Waals surface area contributed by atoms with Gasteiger partial charge in [0.2, 0.25) is 5.91 Å². The van der Waals surface area contributed by atoms with Crippen LogP contribution in [0, 0.1) is 17.7 Å². The van der Waals surface area contributed by atoms with Crippen LogP contribution in [0.5, 0.6) is 0 Å². The molecule has 2 aliphatic rings. The lowest BCUT2D eigenvalue weighted by Crippen LogP contribution is -2.52. The minimum Gasteiger partial charge on any atom is -0.385 e. The van der Waals surface area contributed by atoms with Crippen LogP contribution in [0.15, 0.2) is 54.6 Å². The highest BCUT2D eigenvalue weighted by Crippen LogP contribution is 2.46. The Labute approximate surface area is 157 Å². The molecule has 1 aliphatic carbocycles. The fraction of sp³-hybridized carbons (Fsp3) is 0.364. The van der Waals surface area contributed by atoms with E-state index in [4.69, 9.17) is 0 Å². The molecule has 1 saturated carbocycles. The summed E-state index contributed by atoms with van der Waals surface area (Å²) in [6.45, 7) is 0.368. The molecule has 0 aromatic heterocycles. The van der Waals surface area contributed by atoms with Crippen LogP contribution in [-0.4, -0.2) is 28.4 Å². The van der Waals surface area contributed by atoms with Gasteiger partial charge in [-0.1, -0.05) is 30.3 Å². The molecule has 1 N–H and O–H groups in total. The van der Waals surface area contributed by atoms with Crippen LogP contribution < -0.4 is 0 Å². The van der Waals surface area contributed by atoms with Crippen molar-refractivity contribution in [1.29, 1.82) is 0 Å². The van der Waals surface area contributed by atoms with Crippen molar-refractivity contribution in [2.45, 2.75) is 31.3 Å². The first-order valence-corrected chi connectivity index (χ1v) is 9.37. The smallest absolute Gasteiger partial charge is 0.260 e. The minimum absolute atomic E-state index is 0.0288. The molecule has 0 spiro atoms. The van der Waals surface area contributed by atoms with Crippen LogP contribution in [0.1, 0.15) is 41.6 Å². The molecule has 3 atom stereocenters. The number of fused-ring (bicyclic) bond motifs is 1. The predicted octanol–water partition coefficient (Wildman–Crippen LogP) is 3.50. The van der Waals surface area contributed by atoms with E-state index in [1.54, 1.807) is 36.4 Å². The maximum atomic E-state index is 13.2. The Bertz CT molecular complexity index is 852. The van der Waals surface area contributed by atoms with Gasteiger partial charge < -0.3 is 5.11 Å². The highest BCUT2D eigenvalue weighted by molar-refractivity contribution is 6.05. The Morgan fingerprint density at radius 1 is 1.07 bits per heavy atom. The molecule has 1 saturated heterocycles. The van der Waals surface area contributed by atoms with Gasteiger partial charge >= 0.3 is 0 Å². The van der Waals surface area contributed by atoms with E-state index in [1.165, 1.54) is 17.0 Å². The molecule has 2 fully saturated rings. The van der Waals surface area contributed by atoms with Crippen LogP contribution >= 0.6 is 0 Å². The van der Waals surface area contributed by atoms with E-state index in [9.17, 15) is 19.1 Å². The number of likely N-dealkylation sites (tertiary alicyclic amines) is 1. The van der Waals surface area contributed by atoms with E-state index in [-0.39, 0.29) is 29.5 Å². The summed E-state index contributed by atoms with van der Waals surface area (Å²) < 4.78 is 13.2. The second kappa shape index (κ2) is 6.89. The predicted molar refractivity (Wildman–Crippen MR) is 98.2 cm³/mol. The van der Waals surface area contributed by atoms with Crippen LogP contribution in [0.4, 0.5) is 4.39 Å². The van der Waals surface area contributed by atoms with Crippen LogP contribution in [0.2, 0.25) is 0 Å². The van der Waals surface area contributed by atoms with Crippen molar-refractivity contribution in [3.8, 4) is 0 Å². The standard InChI is InChI=1S/C22H22FNO3/c23-18-8-6-17(7-9-18)22(27)12-10-19-16(14-22)11-13-24(21(19)26)20(25)15-4-2-1-3-5-15/h1-9,16,19,27H,10-14H2/t16-,19-,22?/m0/s1. The first-order chi connectivity index (χ1) is 13.0. The van der Waals surface area contributed by atoms with Gasteiger partial charge in [-0.25, -0.2) is 4.39 Å². The maximum absolute atomic E-state index is 13.2. The quantitative estimate of drug-likeness (QED) is 0.827. The molecule has 2 aromatic rings. The fourth-order valence-corrected chi connectivity index (χ4v) is 4.50. The van der Waals surface area contributed by atoms with Gasteiger partial charge in [0.1, 0.15) is 5.82 Å². The molecule has 5 heteroatoms. The third-order valence-corrected chi connectivity index (χ3v) is 5.99. The van der Waals surface area contributed by atoms with Crippen molar-refractivity contribution >= 4 is 11.8 Å². The van der Waals surface area contributed by atoms with E-state index >= 15 is 0 Å². The highest BCUT2D eigenvalue weighted by Gasteiger charge is 2.47. The number of halogens is 1. The van der Waals surface area contributed by atoms with Crippen molar-refractivity contribution in [3.63, 3.8) is 0 Å². The van der Waals surface area contributed by atoms with E-state index in [1.807, 2.05) is 6.07 Å². The number of carbonyl (C=O) groups is 2. The number of rotatable bonds is 2. The minimum atomic E-state index is -1.04. The van der Waals surface area contributed by atoms with E-state index in [2.05, 4.69) is 0 Å². The number of imide groups is 1. The van der Waals surface area contributed by atoms with Crippen molar-refractivity contribution in [1.82, 2.24) is 4.90 Å². The van der Waals surface area contributed by atoms with Gasteiger partial charge in [0.05, 0.1) is 5.60 Å². The molecule has 0 bridgehead atoms. The van der Waals surface area contributed by atoms with E-state index in [0.29, 0.717) is 43.4 Å². The van der Waals surface area contributed by atoms with Gasteiger partial charge in [0.15, 0.2) is 0 Å². The second-order valence-corrected chi connectivity index (χ2v) is 7.60. The molecule has 2 amide bonds. The molecule has 140 valence electrons. The number of aliphatic hydroxyl groups is 1. The van der Waals surface area contributed by atoms with Gasteiger partial charge in [-0.05, 0) is 61.4 Å². The normalized spacial score (nSPS) is 27.9. The summed E-state index contributed by atoms with van der Waals surface area (Å²) in [6, 6.07) is 14.8. The van der Waals surface area contributed by atoms with Crippen LogP contribution in [-0.2, 0) is 10.4 Å². The van der Waals surface area contributed by atoms with E-state index < -0.39 is 5.60 Å². The summed E-state index contributed by atoms with van der Waals surface area (Å²) in [4.78, 5) is 27.0. The Morgan fingerprint density at radius 3 is 2.48 bits per heavy atom. The van der Waals surface area contributed by atoms with Crippen LogP contribution in [0.25, 0.3) is 0 Å². The Kier molecular flexibility index (Phi) is 4.56. The monoisotopic (exact) mass is 367 g/mol. The summed E-state index contributed by atoms with van der Waals surface area (Å²) >= 11 is 0. The van der Waals surface area contributed by atoms with Crippen molar-refractivity contribution in [2.75, 3.05) is 6.54 Å². The largest absolute Gasteiger partial charge is 0.385 e. The topological polar surface area (TPSA) is 57.6 Å². The van der Waals surface area contributed by atoms with Crippen molar-refractivity contribution in [2.24, 2.45) is 11.8 Å². The SMILES string of the molecule is O=C(c1ccccc1)N1CC[C@H]2CC(O)(c3ccc(F)cc3)CC[C@@H]2C1=O. The molecule has 1 unspecified atom stereocenters. The molecule has 4 rings (SSSR count). The number of benzene rings is 2. The van der Waals surface area contributed by atoms with Gasteiger partial charge in [0.25, 0.3) is 5.91 Å². The molecular weight excluding hydrogens is 345 g/mol. The molecule has 1 heterocycles. The number of amides is 2. The zero-order chi connectivity index (χ0) is 19.0. The average molecular weight is 367 g/mol. The maximum Gasteiger partial charge on any atom is 0.260 e. The Balaban J connectivity index is 1.50. The third kappa shape index (κ3) is 3.28. The molecule has 2 aromatic carbocycles. The average Bonchev–Trinajstić information content (AvgIpc) is 2.69. The lowest BCUT2D eigenvalue weighted by atomic mass is 9.66. The lowest BCUT2D eigenvalue weighted by Gasteiger charge is -2.45. The highest BCUT2D eigenvalue weighted by atomic mass is 19.1. The number of piperidine rings is 1. The number of carbonyl (C=O) groups excluding carboxylic acids is 2. The van der Waals surface area contributed by atoms with Gasteiger partial charge in [-0.2, -0.15) is 0 Å². The van der Waals surface area contributed by atoms with Crippen molar-refractivity contribution in [3.05, 3.63) is 71.5 Å². The summed E-state index contributed by atoms with van der Waals surface area (Å²) in [6.07, 6.45) is 2.09. The molecule has 1 aliphatic heterocycles. The third-order valence-electron chi connectivity index (χ3n) is 5.99. The second-order valence-electron chi connectivity index (χ2n) is 7.60. The Morgan fingerprint density at radius 2 is 1.78 bits per heavy atom. The molecule has 27 heavy (non-hydrogen) atoms.